The second kappa shape index (κ2) is 27.3. The van der Waals surface area contributed by atoms with Crippen LogP contribution in [0.3, 0.4) is 0 Å². The minimum Gasteiger partial charge on any atom is -0.478 e. The lowest BCUT2D eigenvalue weighted by molar-refractivity contribution is -0.134. The second-order valence-corrected chi connectivity index (χ2v) is 12.1. The van der Waals surface area contributed by atoms with Crippen molar-refractivity contribution in [1.29, 1.82) is 0 Å². The molecule has 1 saturated heterocycles. The second-order valence-electron chi connectivity index (χ2n) is 11.6. The number of anilines is 1. The summed E-state index contributed by atoms with van der Waals surface area (Å²) in [6.07, 6.45) is 4.20. The number of nitrogens with zero attached hydrogens (tertiary/aromatic N) is 4. The van der Waals surface area contributed by atoms with E-state index < -0.39 is 35.8 Å². The maximum atomic E-state index is 14.6. The Hall–Kier alpha value is -6.28. The van der Waals surface area contributed by atoms with Gasteiger partial charge >= 0.3 is 35.8 Å². The zero-order valence-electron chi connectivity index (χ0n) is 31.3. The van der Waals surface area contributed by atoms with E-state index in [0.29, 0.717) is 64.9 Å². The molecule has 2 aliphatic rings. The molecule has 18 nitrogen and oxygen atoms in total. The van der Waals surface area contributed by atoms with Gasteiger partial charge < -0.3 is 45.2 Å². The van der Waals surface area contributed by atoms with Gasteiger partial charge in [-0.2, -0.15) is 0 Å². The van der Waals surface area contributed by atoms with Crippen LogP contribution in [0.15, 0.2) is 83.9 Å². The predicted octanol–water partition coefficient (Wildman–Crippen LogP) is 2.84. The first-order valence-corrected chi connectivity index (χ1v) is 17.7. The van der Waals surface area contributed by atoms with Crippen LogP contribution in [0.5, 0.6) is 0 Å². The van der Waals surface area contributed by atoms with Crippen LogP contribution in [0, 0.1) is 5.82 Å². The normalized spacial score (nSPS) is 14.2. The van der Waals surface area contributed by atoms with Gasteiger partial charge in [-0.25, -0.2) is 33.2 Å². The van der Waals surface area contributed by atoms with E-state index in [9.17, 15) is 38.0 Å². The Morgan fingerprint density at radius 3 is 1.62 bits per heavy atom. The summed E-state index contributed by atoms with van der Waals surface area (Å²) >= 11 is 6.29. The number of amides is 1. The fourth-order valence-electron chi connectivity index (χ4n) is 4.97. The SMILES string of the molecule is CCOCCN1CCN(CCCN2C(=O)CN=C(c3ccccc3F)c3cc(Cl)ccc32)CC1.O=C(O)/C=C\C(=O)O.O=C(O)/C=C\C(=O)O.O=C(O)/C=C\C(=O)O. The Morgan fingerprint density at radius 2 is 1.17 bits per heavy atom. The highest BCUT2D eigenvalue weighted by atomic mass is 35.5. The Kier molecular flexibility index (Phi) is 23.4. The number of benzene rings is 2. The summed E-state index contributed by atoms with van der Waals surface area (Å²) in [5.41, 5.74) is 2.26. The van der Waals surface area contributed by atoms with Gasteiger partial charge in [0.25, 0.3) is 0 Å². The van der Waals surface area contributed by atoms with E-state index in [-0.39, 0.29) is 18.3 Å². The fraction of sp³-hybridized carbons (Fsp3) is 0.316. The molecule has 314 valence electrons. The van der Waals surface area contributed by atoms with Gasteiger partial charge in [0.2, 0.25) is 5.91 Å². The Morgan fingerprint density at radius 1 is 0.707 bits per heavy atom. The molecule has 0 unspecified atom stereocenters. The number of ether oxygens (including phenoxy) is 1. The van der Waals surface area contributed by atoms with Gasteiger partial charge in [-0.15, -0.1) is 0 Å². The van der Waals surface area contributed by atoms with Crippen LogP contribution in [-0.2, 0) is 38.3 Å². The van der Waals surface area contributed by atoms with E-state index in [2.05, 4.69) is 14.8 Å². The van der Waals surface area contributed by atoms with Crippen LogP contribution in [0.2, 0.25) is 5.02 Å². The van der Waals surface area contributed by atoms with Crippen molar-refractivity contribution in [3.05, 3.63) is 101 Å². The lowest BCUT2D eigenvalue weighted by Gasteiger charge is -2.35. The molecule has 6 N–H and O–H groups in total. The first kappa shape index (κ1) is 49.7. The number of piperazine rings is 1. The highest BCUT2D eigenvalue weighted by Gasteiger charge is 2.27. The number of hydrogen-bond acceptors (Lipinski definition) is 11. The average molecular weight is 835 g/mol. The molecule has 2 aromatic carbocycles. The lowest BCUT2D eigenvalue weighted by atomic mass is 9.99. The van der Waals surface area contributed by atoms with Gasteiger partial charge in [0.1, 0.15) is 12.4 Å². The largest absolute Gasteiger partial charge is 0.478 e. The number of aliphatic imine (C=N–C) groups is 1. The molecule has 0 atom stereocenters. The molecular formula is C38H44ClFN4O14. The van der Waals surface area contributed by atoms with Crippen LogP contribution >= 0.6 is 11.6 Å². The van der Waals surface area contributed by atoms with Crippen molar-refractivity contribution in [3.8, 4) is 0 Å². The minimum atomic E-state index is -1.26. The Labute approximate surface area is 337 Å². The van der Waals surface area contributed by atoms with Gasteiger partial charge in [0.15, 0.2) is 0 Å². The van der Waals surface area contributed by atoms with Crippen LogP contribution in [0.1, 0.15) is 24.5 Å². The van der Waals surface area contributed by atoms with Gasteiger partial charge in [0.05, 0.1) is 18.0 Å². The van der Waals surface area contributed by atoms with Gasteiger partial charge in [-0.05, 0) is 50.2 Å². The van der Waals surface area contributed by atoms with Crippen LogP contribution in [-0.4, -0.2) is 153 Å². The van der Waals surface area contributed by atoms with Crippen molar-refractivity contribution < 1.29 is 73.3 Å². The molecule has 20 heteroatoms. The number of halogens is 2. The molecule has 0 spiro atoms. The van der Waals surface area contributed by atoms with Crippen LogP contribution in [0.25, 0.3) is 0 Å². The van der Waals surface area contributed by atoms with E-state index in [1.807, 2.05) is 13.0 Å². The number of rotatable bonds is 15. The predicted molar refractivity (Wildman–Crippen MR) is 208 cm³/mol. The average Bonchev–Trinajstić information content (AvgIpc) is 3.29. The van der Waals surface area contributed by atoms with E-state index in [1.54, 1.807) is 35.2 Å². The maximum absolute atomic E-state index is 14.6. The molecule has 1 amide bonds. The molecule has 2 heterocycles. The molecule has 0 radical (unpaired) electrons. The standard InChI is InChI=1S/C26H32ClFN4O2.3C4H4O4/c1-2-34-17-16-31-14-12-30(13-15-31)10-5-11-32-24-9-8-20(27)18-22(24)26(29-19-25(32)33)21-6-3-4-7-23(21)28;3*5-3(6)1-2-4(7)8/h3-4,6-9,18H,2,5,10-17,19H2,1H3;3*1-2H,(H,5,6)(H,7,8)/b;3*2-1-. The molecule has 0 bridgehead atoms. The fourth-order valence-corrected chi connectivity index (χ4v) is 5.14. The first-order chi connectivity index (χ1) is 27.4. The summed E-state index contributed by atoms with van der Waals surface area (Å²) in [5.74, 6) is -8.00. The highest BCUT2D eigenvalue weighted by Crippen LogP contribution is 2.30. The number of carbonyl (C=O) groups excluding carboxylic acids is 1. The van der Waals surface area contributed by atoms with E-state index in [4.69, 9.17) is 47.0 Å². The molecule has 0 aliphatic carbocycles. The molecule has 2 aromatic rings. The summed E-state index contributed by atoms with van der Waals surface area (Å²) in [4.78, 5) is 81.5. The quantitative estimate of drug-likeness (QED) is 0.111. The van der Waals surface area contributed by atoms with Crippen molar-refractivity contribution >= 4 is 64.7 Å². The van der Waals surface area contributed by atoms with Crippen molar-refractivity contribution in [2.45, 2.75) is 13.3 Å². The number of carboxylic acid groups (broad SMARTS) is 6. The van der Waals surface area contributed by atoms with E-state index in [1.165, 1.54) is 6.07 Å². The zero-order valence-corrected chi connectivity index (χ0v) is 32.0. The van der Waals surface area contributed by atoms with Gasteiger partial charge in [-0.1, -0.05) is 23.7 Å². The summed E-state index contributed by atoms with van der Waals surface area (Å²) in [6.45, 7) is 10.2. The van der Waals surface area contributed by atoms with Crippen LogP contribution in [0.4, 0.5) is 10.1 Å². The third-order valence-corrected chi connectivity index (χ3v) is 7.72. The molecule has 0 saturated carbocycles. The minimum absolute atomic E-state index is 0.0194. The van der Waals surface area contributed by atoms with E-state index in [0.717, 1.165) is 64.6 Å². The number of benzodiazepines with no additional fused rings is 1. The summed E-state index contributed by atoms with van der Waals surface area (Å²) in [7, 11) is 0. The summed E-state index contributed by atoms with van der Waals surface area (Å²) in [6, 6.07) is 11.9. The van der Waals surface area contributed by atoms with Gasteiger partial charge in [-0.3, -0.25) is 14.7 Å². The van der Waals surface area contributed by atoms with Crippen molar-refractivity contribution in [2.75, 3.05) is 70.5 Å². The molecule has 1 fully saturated rings. The summed E-state index contributed by atoms with van der Waals surface area (Å²) < 4.78 is 20.1. The number of aliphatic carboxylic acids is 6. The highest BCUT2D eigenvalue weighted by molar-refractivity contribution is 6.32. The maximum Gasteiger partial charge on any atom is 0.328 e. The van der Waals surface area contributed by atoms with Gasteiger partial charge in [0, 0.05) is 98.5 Å². The third kappa shape index (κ3) is 21.1. The number of carbonyl (C=O) groups is 7. The van der Waals surface area contributed by atoms with Crippen molar-refractivity contribution in [2.24, 2.45) is 4.99 Å². The topological polar surface area (TPSA) is 272 Å². The number of hydrogen-bond donors (Lipinski definition) is 6. The Bertz CT molecular complexity index is 1730. The van der Waals surface area contributed by atoms with Crippen LogP contribution < -0.4 is 4.90 Å². The zero-order chi connectivity index (χ0) is 43.6. The number of fused-ring (bicyclic) bond motifs is 1. The monoisotopic (exact) mass is 834 g/mol. The molecule has 2 aliphatic heterocycles. The molecule has 0 aromatic heterocycles. The molecular weight excluding hydrogens is 791 g/mol. The smallest absolute Gasteiger partial charge is 0.328 e. The van der Waals surface area contributed by atoms with Crippen molar-refractivity contribution in [1.82, 2.24) is 9.80 Å². The molecule has 58 heavy (non-hydrogen) atoms. The van der Waals surface area contributed by atoms with Crippen molar-refractivity contribution in [3.63, 3.8) is 0 Å². The first-order valence-electron chi connectivity index (χ1n) is 17.3. The van der Waals surface area contributed by atoms with E-state index >= 15 is 0 Å². The Balaban J connectivity index is 0.000000569. The third-order valence-electron chi connectivity index (χ3n) is 7.49. The summed E-state index contributed by atoms with van der Waals surface area (Å²) in [5, 5.41) is 47.4. The molecule has 4 rings (SSSR count). The number of carboxylic acids is 6. The lowest BCUT2D eigenvalue weighted by Crippen LogP contribution is -2.48.